The molecule has 0 amide bonds. The molecule has 0 rings (SSSR count). The summed E-state index contributed by atoms with van der Waals surface area (Å²) in [6, 6.07) is 0. The third-order valence-corrected chi connectivity index (χ3v) is 5.37. The van der Waals surface area contributed by atoms with Crippen LogP contribution in [0.3, 0.4) is 0 Å². The average Bonchev–Trinajstić information content (AvgIpc) is 2.70. The van der Waals surface area contributed by atoms with Gasteiger partial charge in [0.25, 0.3) is 0 Å². The third kappa shape index (κ3) is 15.5. The molecular weight excluding hydrogens is 382 g/mol. The van der Waals surface area contributed by atoms with Crippen LogP contribution >= 0.6 is 0 Å². The van der Waals surface area contributed by atoms with Crippen LogP contribution in [0.5, 0.6) is 0 Å². The Labute approximate surface area is 183 Å². The van der Waals surface area contributed by atoms with Gasteiger partial charge in [-0.3, -0.25) is 9.59 Å². The van der Waals surface area contributed by atoms with Gasteiger partial charge in [-0.25, -0.2) is 6.57 Å². The second-order valence-electron chi connectivity index (χ2n) is 8.87. The predicted octanol–water partition coefficient (Wildman–Crippen LogP) is 4.90. The Kier molecular flexibility index (Phi) is 16.6. The Bertz CT molecular complexity index is 512. The van der Waals surface area contributed by atoms with Crippen molar-refractivity contribution in [2.75, 3.05) is 39.6 Å². The van der Waals surface area contributed by atoms with Crippen LogP contribution in [-0.4, -0.2) is 56.7 Å². The molecule has 0 aromatic heterocycles. The molecule has 0 radical (unpaired) electrons. The molecule has 0 aliphatic heterocycles. The van der Waals surface area contributed by atoms with Crippen molar-refractivity contribution in [2.45, 2.75) is 85.1 Å². The van der Waals surface area contributed by atoms with Gasteiger partial charge in [-0.1, -0.05) is 27.7 Å². The van der Waals surface area contributed by atoms with Gasteiger partial charge >= 0.3 is 0 Å². The minimum Gasteiger partial charge on any atom is -0.381 e. The van der Waals surface area contributed by atoms with Crippen molar-refractivity contribution >= 4 is 11.6 Å². The van der Waals surface area contributed by atoms with E-state index in [9.17, 15) is 9.59 Å². The van der Waals surface area contributed by atoms with Crippen molar-refractivity contribution in [2.24, 2.45) is 11.8 Å². The van der Waals surface area contributed by atoms with Crippen molar-refractivity contribution in [3.63, 3.8) is 0 Å². The summed E-state index contributed by atoms with van der Waals surface area (Å²) >= 11 is 0. The molecule has 0 aromatic carbocycles. The molecule has 0 aromatic rings. The maximum absolute atomic E-state index is 12.0. The monoisotopic (exact) mass is 425 g/mol. The largest absolute Gasteiger partial charge is 0.381 e. The maximum Gasteiger partial charge on any atom is 0.232 e. The summed E-state index contributed by atoms with van der Waals surface area (Å²) in [6.07, 6.45) is 4.47. The van der Waals surface area contributed by atoms with Crippen molar-refractivity contribution in [1.82, 2.24) is 0 Å². The first kappa shape index (κ1) is 28.7. The van der Waals surface area contributed by atoms with Crippen molar-refractivity contribution < 1.29 is 23.8 Å². The standard InChI is InChI=1S/C24H43NO5/c1-20(2)12-16-28-14-8-10-23(27)19-30-18-17-29-15-7-9-22(26)11-13-24(5,25-6)21(3)4/h20-21H,7-19H2,1-5H3. The van der Waals surface area contributed by atoms with Crippen LogP contribution in [0.2, 0.25) is 0 Å². The van der Waals surface area contributed by atoms with Gasteiger partial charge in [0, 0.05) is 58.3 Å². The third-order valence-electron chi connectivity index (χ3n) is 5.37. The van der Waals surface area contributed by atoms with Crippen LogP contribution in [0.1, 0.15) is 79.6 Å². The van der Waals surface area contributed by atoms with Crippen molar-refractivity contribution in [3.05, 3.63) is 11.4 Å². The zero-order valence-electron chi connectivity index (χ0n) is 19.8. The smallest absolute Gasteiger partial charge is 0.232 e. The molecular formula is C24H43NO5. The zero-order chi connectivity index (χ0) is 22.8. The van der Waals surface area contributed by atoms with E-state index in [0.29, 0.717) is 64.4 Å². The minimum absolute atomic E-state index is 0.0841. The molecule has 0 aliphatic carbocycles. The predicted molar refractivity (Wildman–Crippen MR) is 119 cm³/mol. The lowest BCUT2D eigenvalue weighted by atomic mass is 9.84. The molecule has 0 N–H and O–H groups in total. The second kappa shape index (κ2) is 17.4. The molecule has 1 atom stereocenters. The molecule has 0 fully saturated rings. The molecule has 0 spiro atoms. The van der Waals surface area contributed by atoms with E-state index in [1.807, 2.05) is 20.8 Å². The zero-order valence-corrected chi connectivity index (χ0v) is 19.8. The van der Waals surface area contributed by atoms with E-state index in [1.165, 1.54) is 0 Å². The number of hydrogen-bond acceptors (Lipinski definition) is 5. The summed E-state index contributed by atoms with van der Waals surface area (Å²) in [5.74, 6) is 1.14. The Hall–Kier alpha value is -1.29. The number of Topliss-reactive ketones (excluding diaryl/α,β-unsaturated/α-hetero) is 2. The summed E-state index contributed by atoms with van der Waals surface area (Å²) in [5, 5.41) is 0. The number of ether oxygens (including phenoxy) is 3. The number of carbonyl (C=O) groups is 2. The number of carbonyl (C=O) groups excluding carboxylic acids is 2. The van der Waals surface area contributed by atoms with E-state index >= 15 is 0 Å². The van der Waals surface area contributed by atoms with Gasteiger partial charge in [-0.2, -0.15) is 0 Å². The fraction of sp³-hybridized carbons (Fsp3) is 0.875. The Morgan fingerprint density at radius 1 is 0.833 bits per heavy atom. The first-order valence-electron chi connectivity index (χ1n) is 11.4. The highest BCUT2D eigenvalue weighted by molar-refractivity contribution is 5.79. The van der Waals surface area contributed by atoms with Crippen LogP contribution in [0, 0.1) is 18.4 Å². The summed E-state index contributed by atoms with van der Waals surface area (Å²) in [5.41, 5.74) is -0.457. The van der Waals surface area contributed by atoms with Gasteiger partial charge in [0.1, 0.15) is 12.4 Å². The van der Waals surface area contributed by atoms with E-state index in [2.05, 4.69) is 18.7 Å². The molecule has 6 heteroatoms. The van der Waals surface area contributed by atoms with Crippen LogP contribution in [0.4, 0.5) is 0 Å². The first-order valence-corrected chi connectivity index (χ1v) is 11.4. The fourth-order valence-corrected chi connectivity index (χ4v) is 2.63. The number of nitrogens with zero attached hydrogens (tertiary/aromatic N) is 1. The van der Waals surface area contributed by atoms with Crippen molar-refractivity contribution in [1.29, 1.82) is 0 Å². The highest BCUT2D eigenvalue weighted by atomic mass is 16.5. The lowest BCUT2D eigenvalue weighted by molar-refractivity contribution is -0.124. The van der Waals surface area contributed by atoms with E-state index in [0.717, 1.165) is 19.4 Å². The lowest BCUT2D eigenvalue weighted by Gasteiger charge is -2.20. The molecule has 174 valence electrons. The average molecular weight is 426 g/mol. The summed E-state index contributed by atoms with van der Waals surface area (Å²) in [4.78, 5) is 27.4. The number of ketones is 2. The molecule has 1 unspecified atom stereocenters. The molecule has 0 bridgehead atoms. The Balaban J connectivity index is 3.52. The van der Waals surface area contributed by atoms with Gasteiger partial charge in [-0.05, 0) is 25.2 Å². The molecule has 0 saturated heterocycles. The summed E-state index contributed by atoms with van der Waals surface area (Å²) in [6.45, 7) is 20.4. The van der Waals surface area contributed by atoms with Crippen LogP contribution in [0.25, 0.3) is 4.85 Å². The molecule has 6 nitrogen and oxygen atoms in total. The van der Waals surface area contributed by atoms with E-state index in [4.69, 9.17) is 20.8 Å². The summed E-state index contributed by atoms with van der Waals surface area (Å²) in [7, 11) is 0. The first-order chi connectivity index (χ1) is 14.2. The second-order valence-corrected chi connectivity index (χ2v) is 8.87. The molecule has 0 saturated carbocycles. The summed E-state index contributed by atoms with van der Waals surface area (Å²) < 4.78 is 16.3. The quantitative estimate of drug-likeness (QED) is 0.205. The van der Waals surface area contributed by atoms with Gasteiger partial charge in [0.05, 0.1) is 13.2 Å². The maximum atomic E-state index is 12.0. The minimum atomic E-state index is -0.457. The van der Waals surface area contributed by atoms with Crippen LogP contribution in [0.15, 0.2) is 0 Å². The lowest BCUT2D eigenvalue weighted by Crippen LogP contribution is -2.28. The van der Waals surface area contributed by atoms with Crippen molar-refractivity contribution in [3.8, 4) is 0 Å². The topological polar surface area (TPSA) is 66.2 Å². The van der Waals surface area contributed by atoms with Gasteiger partial charge < -0.3 is 19.1 Å². The molecule has 0 heterocycles. The normalized spacial score (nSPS) is 13.4. The molecule has 0 aliphatic rings. The van der Waals surface area contributed by atoms with Gasteiger partial charge in [-0.15, -0.1) is 0 Å². The Morgan fingerprint density at radius 3 is 1.97 bits per heavy atom. The SMILES string of the molecule is [C-]#[N+]C(C)(CCC(=O)CCCOCCOCC(=O)CCCOCCC(C)C)C(C)C. The van der Waals surface area contributed by atoms with Crippen LogP contribution in [-0.2, 0) is 23.8 Å². The van der Waals surface area contributed by atoms with Gasteiger partial charge in [0.15, 0.2) is 5.78 Å². The highest BCUT2D eigenvalue weighted by Gasteiger charge is 2.34. The van der Waals surface area contributed by atoms with Crippen LogP contribution < -0.4 is 0 Å². The van der Waals surface area contributed by atoms with E-state index in [1.54, 1.807) is 0 Å². The van der Waals surface area contributed by atoms with Gasteiger partial charge in [0.2, 0.25) is 5.54 Å². The highest BCUT2D eigenvalue weighted by Crippen LogP contribution is 2.27. The molecule has 30 heavy (non-hydrogen) atoms. The van der Waals surface area contributed by atoms with E-state index in [-0.39, 0.29) is 24.1 Å². The van der Waals surface area contributed by atoms with E-state index < -0.39 is 5.54 Å². The number of hydrogen-bond donors (Lipinski definition) is 0. The number of rotatable bonds is 20. The fourth-order valence-electron chi connectivity index (χ4n) is 2.63. The Morgan fingerprint density at radius 2 is 1.40 bits per heavy atom.